The lowest BCUT2D eigenvalue weighted by molar-refractivity contribution is 0.253. The van der Waals surface area contributed by atoms with Crippen molar-refractivity contribution in [1.29, 1.82) is 0 Å². The molecule has 0 amide bonds. The minimum Gasteiger partial charge on any atom is -0.316 e. The minimum absolute atomic E-state index is 0.669. The molecule has 1 saturated carbocycles. The van der Waals surface area contributed by atoms with Crippen LogP contribution in [-0.4, -0.2) is 18.8 Å². The summed E-state index contributed by atoms with van der Waals surface area (Å²) in [5.74, 6) is 1.91. The Bertz CT molecular complexity index is 77.0. The highest BCUT2D eigenvalue weighted by molar-refractivity contribution is 7.80. The first-order valence-electron chi connectivity index (χ1n) is 3.66. The quantitative estimate of drug-likeness (QED) is 0.571. The number of rotatable bonds is 3. The number of hydrogen-bond acceptors (Lipinski definition) is 2. The van der Waals surface area contributed by atoms with Crippen molar-refractivity contribution in [2.75, 3.05) is 12.8 Å². The second kappa shape index (κ2) is 3.47. The zero-order chi connectivity index (χ0) is 6.69. The average molecular weight is 145 g/mol. The van der Waals surface area contributed by atoms with Gasteiger partial charge in [-0.1, -0.05) is 6.42 Å². The van der Waals surface area contributed by atoms with Gasteiger partial charge in [0.2, 0.25) is 0 Å². The molecule has 9 heavy (non-hydrogen) atoms. The van der Waals surface area contributed by atoms with E-state index in [1.54, 1.807) is 0 Å². The van der Waals surface area contributed by atoms with Crippen molar-refractivity contribution in [3.8, 4) is 0 Å². The van der Waals surface area contributed by atoms with E-state index >= 15 is 0 Å². The molecule has 0 aromatic carbocycles. The first-order chi connectivity index (χ1) is 4.38. The minimum atomic E-state index is 0.669. The van der Waals surface area contributed by atoms with Crippen LogP contribution in [0.5, 0.6) is 0 Å². The van der Waals surface area contributed by atoms with E-state index < -0.39 is 0 Å². The van der Waals surface area contributed by atoms with Crippen LogP contribution in [0.2, 0.25) is 0 Å². The highest BCUT2D eigenvalue weighted by atomic mass is 32.1. The van der Waals surface area contributed by atoms with Gasteiger partial charge < -0.3 is 5.32 Å². The number of thiol groups is 1. The lowest BCUT2D eigenvalue weighted by Gasteiger charge is -2.32. The molecule has 0 radical (unpaired) electrons. The molecule has 1 N–H and O–H groups in total. The predicted octanol–water partition coefficient (Wildman–Crippen LogP) is 1.30. The molecular formula is C7H15NS. The first-order valence-corrected chi connectivity index (χ1v) is 4.30. The van der Waals surface area contributed by atoms with Crippen LogP contribution in [0.4, 0.5) is 0 Å². The lowest BCUT2D eigenvalue weighted by Crippen LogP contribution is -2.38. The molecule has 0 bridgehead atoms. The standard InChI is InChI=1S/C7H15NS/c1-8-7(5-9)6-3-2-4-6/h6-9H,2-5H2,1H3. The van der Waals surface area contributed by atoms with Gasteiger partial charge in [-0.15, -0.1) is 0 Å². The zero-order valence-corrected chi connectivity index (χ0v) is 6.82. The summed E-state index contributed by atoms with van der Waals surface area (Å²) in [7, 11) is 2.03. The monoisotopic (exact) mass is 145 g/mol. The van der Waals surface area contributed by atoms with Crippen molar-refractivity contribution in [2.24, 2.45) is 5.92 Å². The Morgan fingerprint density at radius 3 is 2.44 bits per heavy atom. The van der Waals surface area contributed by atoms with Gasteiger partial charge in [0.05, 0.1) is 0 Å². The Morgan fingerprint density at radius 1 is 1.67 bits per heavy atom. The van der Waals surface area contributed by atoms with E-state index in [1.165, 1.54) is 19.3 Å². The maximum Gasteiger partial charge on any atom is 0.0180 e. The van der Waals surface area contributed by atoms with Gasteiger partial charge in [-0.25, -0.2) is 0 Å². The van der Waals surface area contributed by atoms with Crippen molar-refractivity contribution in [1.82, 2.24) is 5.32 Å². The Balaban J connectivity index is 2.19. The highest BCUT2D eigenvalue weighted by Crippen LogP contribution is 2.29. The van der Waals surface area contributed by atoms with Crippen molar-refractivity contribution in [3.63, 3.8) is 0 Å². The summed E-state index contributed by atoms with van der Waals surface area (Å²) in [6.07, 6.45) is 4.24. The van der Waals surface area contributed by atoms with Crippen LogP contribution in [0.25, 0.3) is 0 Å². The molecule has 0 spiro atoms. The summed E-state index contributed by atoms with van der Waals surface area (Å²) in [6, 6.07) is 0.669. The molecule has 1 aliphatic rings. The van der Waals surface area contributed by atoms with Gasteiger partial charge in [-0.2, -0.15) is 12.6 Å². The van der Waals surface area contributed by atoms with Crippen molar-refractivity contribution >= 4 is 12.6 Å². The van der Waals surface area contributed by atoms with Crippen LogP contribution in [-0.2, 0) is 0 Å². The third-order valence-corrected chi connectivity index (χ3v) is 2.68. The molecule has 1 atom stereocenters. The van der Waals surface area contributed by atoms with E-state index in [4.69, 9.17) is 0 Å². The highest BCUT2D eigenvalue weighted by Gasteiger charge is 2.24. The SMILES string of the molecule is CNC(CS)C1CCC1. The topological polar surface area (TPSA) is 12.0 Å². The summed E-state index contributed by atoms with van der Waals surface area (Å²) in [6.45, 7) is 0. The number of hydrogen-bond donors (Lipinski definition) is 2. The summed E-state index contributed by atoms with van der Waals surface area (Å²) in [4.78, 5) is 0. The van der Waals surface area contributed by atoms with Crippen molar-refractivity contribution < 1.29 is 0 Å². The van der Waals surface area contributed by atoms with Crippen LogP contribution in [0.1, 0.15) is 19.3 Å². The predicted molar refractivity (Wildman–Crippen MR) is 44.0 cm³/mol. The molecule has 0 saturated heterocycles. The lowest BCUT2D eigenvalue weighted by atomic mass is 9.80. The summed E-state index contributed by atoms with van der Waals surface area (Å²) in [5, 5.41) is 3.28. The van der Waals surface area contributed by atoms with E-state index in [-0.39, 0.29) is 0 Å². The maximum atomic E-state index is 4.26. The fourth-order valence-corrected chi connectivity index (χ4v) is 1.80. The Morgan fingerprint density at radius 2 is 2.33 bits per heavy atom. The Labute approximate surface area is 62.6 Å². The smallest absolute Gasteiger partial charge is 0.0180 e. The van der Waals surface area contributed by atoms with Gasteiger partial charge in [-0.3, -0.25) is 0 Å². The molecule has 1 nitrogen and oxygen atoms in total. The molecule has 0 aliphatic heterocycles. The van der Waals surface area contributed by atoms with Crippen molar-refractivity contribution in [3.05, 3.63) is 0 Å². The Kier molecular flexibility index (Phi) is 2.86. The largest absolute Gasteiger partial charge is 0.316 e. The van der Waals surface area contributed by atoms with E-state index in [0.29, 0.717) is 6.04 Å². The summed E-state index contributed by atoms with van der Waals surface area (Å²) >= 11 is 4.26. The molecule has 0 aromatic rings. The fourth-order valence-electron chi connectivity index (χ4n) is 1.32. The van der Waals surface area contributed by atoms with Crippen LogP contribution < -0.4 is 5.32 Å². The van der Waals surface area contributed by atoms with E-state index in [0.717, 1.165) is 11.7 Å². The molecular weight excluding hydrogens is 130 g/mol. The van der Waals surface area contributed by atoms with Gasteiger partial charge in [0.15, 0.2) is 0 Å². The second-order valence-electron chi connectivity index (χ2n) is 2.77. The molecule has 1 rings (SSSR count). The van der Waals surface area contributed by atoms with Gasteiger partial charge in [-0.05, 0) is 25.8 Å². The van der Waals surface area contributed by atoms with Crippen LogP contribution >= 0.6 is 12.6 Å². The van der Waals surface area contributed by atoms with E-state index in [2.05, 4.69) is 17.9 Å². The van der Waals surface area contributed by atoms with Gasteiger partial charge in [0.1, 0.15) is 0 Å². The van der Waals surface area contributed by atoms with Gasteiger partial charge in [0.25, 0.3) is 0 Å². The normalized spacial score (nSPS) is 23.3. The van der Waals surface area contributed by atoms with Crippen LogP contribution in [0.3, 0.4) is 0 Å². The molecule has 1 unspecified atom stereocenters. The maximum absolute atomic E-state index is 4.26. The van der Waals surface area contributed by atoms with Crippen molar-refractivity contribution in [2.45, 2.75) is 25.3 Å². The number of nitrogens with one attached hydrogen (secondary N) is 1. The molecule has 0 heterocycles. The van der Waals surface area contributed by atoms with Crippen LogP contribution in [0.15, 0.2) is 0 Å². The molecule has 2 heteroatoms. The Hall–Kier alpha value is 0.310. The third kappa shape index (κ3) is 1.62. The average Bonchev–Trinajstić information content (AvgIpc) is 1.78. The molecule has 0 aromatic heterocycles. The first kappa shape index (κ1) is 7.42. The van der Waals surface area contributed by atoms with Gasteiger partial charge >= 0.3 is 0 Å². The molecule has 1 fully saturated rings. The molecule has 1 aliphatic carbocycles. The van der Waals surface area contributed by atoms with E-state index in [9.17, 15) is 0 Å². The van der Waals surface area contributed by atoms with E-state index in [1.807, 2.05) is 7.05 Å². The zero-order valence-electron chi connectivity index (χ0n) is 5.93. The summed E-state index contributed by atoms with van der Waals surface area (Å²) in [5.41, 5.74) is 0. The summed E-state index contributed by atoms with van der Waals surface area (Å²) < 4.78 is 0. The third-order valence-electron chi connectivity index (χ3n) is 2.29. The van der Waals surface area contributed by atoms with Crippen LogP contribution in [0, 0.1) is 5.92 Å². The van der Waals surface area contributed by atoms with Gasteiger partial charge in [0, 0.05) is 11.8 Å². The fraction of sp³-hybridized carbons (Fsp3) is 1.00. The second-order valence-corrected chi connectivity index (χ2v) is 3.13. The molecule has 54 valence electrons.